The number of imide groups is 1. The number of anilines is 2. The Balaban J connectivity index is 1.59. The van der Waals surface area contributed by atoms with Crippen LogP contribution in [0.15, 0.2) is 54.6 Å². The van der Waals surface area contributed by atoms with Crippen molar-refractivity contribution in [3.63, 3.8) is 0 Å². The Bertz CT molecular complexity index is 1150. The van der Waals surface area contributed by atoms with E-state index in [4.69, 9.17) is 0 Å². The second-order valence-corrected chi connectivity index (χ2v) is 10.5. The summed E-state index contributed by atoms with van der Waals surface area (Å²) in [7, 11) is -3.24. The molecule has 2 aromatic rings. The molecule has 32 heavy (non-hydrogen) atoms. The van der Waals surface area contributed by atoms with E-state index in [1.54, 1.807) is 49.4 Å². The first-order chi connectivity index (χ1) is 15.2. The van der Waals surface area contributed by atoms with Gasteiger partial charge in [0.1, 0.15) is 12.6 Å². The highest BCUT2D eigenvalue weighted by Crippen LogP contribution is 2.28. The van der Waals surface area contributed by atoms with Gasteiger partial charge in [-0.05, 0) is 44.5 Å². The Morgan fingerprint density at radius 3 is 2.31 bits per heavy atom. The number of aryl methyl sites for hydroxylation is 1. The van der Waals surface area contributed by atoms with E-state index in [1.165, 1.54) is 9.80 Å². The van der Waals surface area contributed by atoms with E-state index in [9.17, 15) is 22.8 Å². The molecular weight excluding hydrogens is 430 g/mol. The number of carbonyl (C=O) groups excluding carboxylic acids is 3. The molecular formula is C23H25N3O5S. The smallest absolute Gasteiger partial charge is 0.307 e. The number of urea groups is 1. The van der Waals surface area contributed by atoms with Gasteiger partial charge in [-0.1, -0.05) is 35.9 Å². The molecule has 9 heteroatoms. The van der Waals surface area contributed by atoms with Gasteiger partial charge in [-0.25, -0.2) is 13.2 Å². The van der Waals surface area contributed by atoms with Crippen LogP contribution in [-0.4, -0.2) is 61.3 Å². The molecule has 0 saturated carbocycles. The number of amides is 4. The average molecular weight is 456 g/mol. The molecule has 0 aromatic heterocycles. The lowest BCUT2D eigenvalue weighted by Gasteiger charge is -2.29. The van der Waals surface area contributed by atoms with Gasteiger partial charge in [-0.3, -0.25) is 19.4 Å². The number of sulfone groups is 1. The third kappa shape index (κ3) is 4.12. The lowest BCUT2D eigenvalue weighted by atomic mass is 10.1. The summed E-state index contributed by atoms with van der Waals surface area (Å²) in [5, 5.41) is 0. The van der Waals surface area contributed by atoms with Crippen molar-refractivity contribution in [3.8, 4) is 0 Å². The zero-order chi connectivity index (χ0) is 23.0. The molecule has 2 aromatic carbocycles. The summed E-state index contributed by atoms with van der Waals surface area (Å²) in [6, 6.07) is 14.1. The van der Waals surface area contributed by atoms with Gasteiger partial charge in [-0.15, -0.1) is 0 Å². The molecule has 0 spiro atoms. The molecule has 2 aliphatic rings. The molecule has 0 unspecified atom stereocenters. The van der Waals surface area contributed by atoms with Crippen LogP contribution in [0.4, 0.5) is 16.2 Å². The monoisotopic (exact) mass is 455 g/mol. The fourth-order valence-electron chi connectivity index (χ4n) is 4.25. The Kier molecular flexibility index (Phi) is 5.77. The van der Waals surface area contributed by atoms with Crippen molar-refractivity contribution in [1.29, 1.82) is 0 Å². The maximum Gasteiger partial charge on any atom is 0.332 e. The summed E-state index contributed by atoms with van der Waals surface area (Å²) in [5.41, 5.74) is 2.15. The molecule has 0 bridgehead atoms. The number of nitrogens with zero attached hydrogens (tertiary/aromatic N) is 3. The van der Waals surface area contributed by atoms with E-state index in [0.717, 1.165) is 10.5 Å². The molecule has 2 saturated heterocycles. The second kappa shape index (κ2) is 8.38. The molecule has 168 valence electrons. The maximum atomic E-state index is 13.3. The SMILES string of the molecule is Cc1ccc(N2C(=O)N(CC(=O)N(c3ccccc3)[C@H]3CCS(=O)(=O)C3)C(=O)[C@H]2C)cc1. The van der Waals surface area contributed by atoms with Gasteiger partial charge in [0.2, 0.25) is 5.91 Å². The Morgan fingerprint density at radius 2 is 1.72 bits per heavy atom. The molecule has 0 aliphatic carbocycles. The zero-order valence-electron chi connectivity index (χ0n) is 18.0. The molecule has 2 atom stereocenters. The Morgan fingerprint density at radius 1 is 1.06 bits per heavy atom. The molecule has 4 rings (SSSR count). The van der Waals surface area contributed by atoms with Crippen molar-refractivity contribution in [2.75, 3.05) is 27.9 Å². The minimum Gasteiger partial charge on any atom is -0.307 e. The minimum absolute atomic E-state index is 0.00803. The quantitative estimate of drug-likeness (QED) is 0.645. The standard InChI is InChI=1S/C23H25N3O5S/c1-16-8-10-19(11-9-16)25-17(2)22(28)24(23(25)29)14-21(27)26(18-6-4-3-5-7-18)20-12-13-32(30,31)15-20/h3-11,17,20H,12-15H2,1-2H3/t17-,20+/m1/s1. The highest BCUT2D eigenvalue weighted by molar-refractivity contribution is 7.91. The molecule has 4 amide bonds. The predicted molar refractivity (Wildman–Crippen MR) is 121 cm³/mol. The highest BCUT2D eigenvalue weighted by atomic mass is 32.2. The molecule has 8 nitrogen and oxygen atoms in total. The largest absolute Gasteiger partial charge is 0.332 e. The van der Waals surface area contributed by atoms with E-state index in [1.807, 2.05) is 19.1 Å². The summed E-state index contributed by atoms with van der Waals surface area (Å²) in [4.78, 5) is 43.1. The first-order valence-electron chi connectivity index (χ1n) is 10.5. The number of para-hydroxylation sites is 1. The van der Waals surface area contributed by atoms with Crippen molar-refractivity contribution in [1.82, 2.24) is 4.90 Å². The third-order valence-electron chi connectivity index (χ3n) is 5.93. The van der Waals surface area contributed by atoms with Crippen LogP contribution in [0, 0.1) is 6.92 Å². The predicted octanol–water partition coefficient (Wildman–Crippen LogP) is 2.37. The Hall–Kier alpha value is -3.20. The average Bonchev–Trinajstić information content (AvgIpc) is 3.21. The van der Waals surface area contributed by atoms with E-state index in [2.05, 4.69) is 0 Å². The number of carbonyl (C=O) groups is 3. The number of hydrogen-bond donors (Lipinski definition) is 0. The first-order valence-corrected chi connectivity index (χ1v) is 12.3. The van der Waals surface area contributed by atoms with E-state index in [0.29, 0.717) is 17.8 Å². The third-order valence-corrected chi connectivity index (χ3v) is 7.68. The van der Waals surface area contributed by atoms with Crippen molar-refractivity contribution >= 4 is 39.1 Å². The van der Waals surface area contributed by atoms with E-state index < -0.39 is 46.3 Å². The van der Waals surface area contributed by atoms with E-state index >= 15 is 0 Å². The number of rotatable bonds is 5. The Labute approximate surface area is 187 Å². The normalized spacial score (nSPS) is 22.4. The second-order valence-electron chi connectivity index (χ2n) is 8.24. The summed E-state index contributed by atoms with van der Waals surface area (Å²) < 4.78 is 24.1. The summed E-state index contributed by atoms with van der Waals surface area (Å²) in [6.07, 6.45) is 0.316. The topological polar surface area (TPSA) is 95.1 Å². The van der Waals surface area contributed by atoms with Crippen LogP contribution in [0.5, 0.6) is 0 Å². The van der Waals surface area contributed by atoms with Crippen molar-refractivity contribution in [3.05, 3.63) is 60.2 Å². The molecule has 0 radical (unpaired) electrons. The number of benzene rings is 2. The van der Waals surface area contributed by atoms with Gasteiger partial charge in [-0.2, -0.15) is 0 Å². The van der Waals surface area contributed by atoms with Crippen LogP contribution in [0.25, 0.3) is 0 Å². The van der Waals surface area contributed by atoms with Crippen molar-refractivity contribution in [2.24, 2.45) is 0 Å². The summed E-state index contributed by atoms with van der Waals surface area (Å²) in [5.74, 6) is -1.08. The maximum absolute atomic E-state index is 13.3. The van der Waals surface area contributed by atoms with Crippen LogP contribution in [0.2, 0.25) is 0 Å². The minimum atomic E-state index is -3.24. The van der Waals surface area contributed by atoms with Gasteiger partial charge in [0, 0.05) is 11.4 Å². The van der Waals surface area contributed by atoms with Crippen molar-refractivity contribution < 1.29 is 22.8 Å². The highest BCUT2D eigenvalue weighted by Gasteiger charge is 2.45. The van der Waals surface area contributed by atoms with Crippen LogP contribution < -0.4 is 9.80 Å². The van der Waals surface area contributed by atoms with Gasteiger partial charge in [0.15, 0.2) is 9.84 Å². The van der Waals surface area contributed by atoms with Crippen molar-refractivity contribution in [2.45, 2.75) is 32.4 Å². The molecule has 2 aliphatic heterocycles. The van der Waals surface area contributed by atoms with Crippen LogP contribution in [0.1, 0.15) is 18.9 Å². The van der Waals surface area contributed by atoms with Crippen LogP contribution in [-0.2, 0) is 19.4 Å². The van der Waals surface area contributed by atoms with Crippen LogP contribution in [0.3, 0.4) is 0 Å². The van der Waals surface area contributed by atoms with Crippen LogP contribution >= 0.6 is 0 Å². The van der Waals surface area contributed by atoms with Gasteiger partial charge in [0.05, 0.1) is 17.5 Å². The van der Waals surface area contributed by atoms with Gasteiger partial charge in [0.25, 0.3) is 5.91 Å². The molecule has 2 fully saturated rings. The molecule has 0 N–H and O–H groups in total. The first kappa shape index (κ1) is 22.0. The number of hydrogen-bond acceptors (Lipinski definition) is 5. The fourth-order valence-corrected chi connectivity index (χ4v) is 5.95. The zero-order valence-corrected chi connectivity index (χ0v) is 18.8. The van der Waals surface area contributed by atoms with E-state index in [-0.39, 0.29) is 11.5 Å². The van der Waals surface area contributed by atoms with Gasteiger partial charge >= 0.3 is 6.03 Å². The summed E-state index contributed by atoms with van der Waals surface area (Å²) >= 11 is 0. The lowest BCUT2D eigenvalue weighted by molar-refractivity contribution is -0.131. The molecule has 2 heterocycles. The summed E-state index contributed by atoms with van der Waals surface area (Å²) in [6.45, 7) is 3.11. The lowest BCUT2D eigenvalue weighted by Crippen LogP contribution is -2.48. The van der Waals surface area contributed by atoms with Gasteiger partial charge < -0.3 is 4.90 Å². The fraction of sp³-hybridized carbons (Fsp3) is 0.348.